The van der Waals surface area contributed by atoms with Gasteiger partial charge in [-0.3, -0.25) is 0 Å². The van der Waals surface area contributed by atoms with Gasteiger partial charge in [-0.15, -0.1) is 0 Å². The summed E-state index contributed by atoms with van der Waals surface area (Å²) < 4.78 is 5.08. The van der Waals surface area contributed by atoms with Crippen molar-refractivity contribution in [1.29, 1.82) is 0 Å². The molecule has 0 amide bonds. The third-order valence-corrected chi connectivity index (χ3v) is 4.02. The van der Waals surface area contributed by atoms with Crippen molar-refractivity contribution in [1.82, 2.24) is 0 Å². The summed E-state index contributed by atoms with van der Waals surface area (Å²) >= 11 is 0. The summed E-state index contributed by atoms with van der Waals surface area (Å²) in [6, 6.07) is 9.59. The Morgan fingerprint density at radius 3 is 2.62 bits per heavy atom. The molecule has 5 heteroatoms. The highest BCUT2D eigenvalue weighted by atomic mass is 16.5. The number of aliphatic hydroxyl groups excluding tert-OH is 3. The van der Waals surface area contributed by atoms with Gasteiger partial charge in [0.1, 0.15) is 6.10 Å². The van der Waals surface area contributed by atoms with Gasteiger partial charge in [-0.05, 0) is 24.5 Å². The molecule has 1 aliphatic rings. The molecule has 0 fully saturated rings. The van der Waals surface area contributed by atoms with E-state index >= 15 is 0 Å². The van der Waals surface area contributed by atoms with Crippen molar-refractivity contribution in [3.8, 4) is 0 Å². The van der Waals surface area contributed by atoms with Crippen LogP contribution in [0.15, 0.2) is 60.7 Å². The van der Waals surface area contributed by atoms with E-state index in [9.17, 15) is 20.1 Å². The molecule has 3 N–H and O–H groups in total. The van der Waals surface area contributed by atoms with Gasteiger partial charge in [-0.2, -0.15) is 0 Å². The normalized spacial score (nSPS) is 21.0. The van der Waals surface area contributed by atoms with E-state index in [0.717, 1.165) is 5.56 Å². The van der Waals surface area contributed by atoms with Crippen LogP contribution in [-0.2, 0) is 9.53 Å². The van der Waals surface area contributed by atoms with Crippen molar-refractivity contribution in [2.24, 2.45) is 0 Å². The lowest BCUT2D eigenvalue weighted by Gasteiger charge is -2.17. The summed E-state index contributed by atoms with van der Waals surface area (Å²) in [6.45, 7) is 0. The molecule has 0 aliphatic carbocycles. The zero-order valence-corrected chi connectivity index (χ0v) is 14.6. The molecular formula is C21H26O5. The molecule has 2 rings (SSSR count). The second-order valence-corrected chi connectivity index (χ2v) is 6.39. The van der Waals surface area contributed by atoms with Crippen LogP contribution in [0.5, 0.6) is 0 Å². The van der Waals surface area contributed by atoms with Gasteiger partial charge >= 0.3 is 5.97 Å². The van der Waals surface area contributed by atoms with Crippen LogP contribution in [0.1, 0.15) is 31.2 Å². The van der Waals surface area contributed by atoms with Gasteiger partial charge in [0, 0.05) is 18.9 Å². The van der Waals surface area contributed by atoms with E-state index in [-0.39, 0.29) is 24.9 Å². The molecule has 4 atom stereocenters. The van der Waals surface area contributed by atoms with Crippen molar-refractivity contribution in [2.45, 2.75) is 50.1 Å². The Bertz CT molecular complexity index is 635. The van der Waals surface area contributed by atoms with Gasteiger partial charge in [-0.25, -0.2) is 4.79 Å². The van der Waals surface area contributed by atoms with Crippen LogP contribution in [0.2, 0.25) is 0 Å². The summed E-state index contributed by atoms with van der Waals surface area (Å²) in [6.07, 6.45) is 8.80. The zero-order valence-electron chi connectivity index (χ0n) is 14.6. The minimum absolute atomic E-state index is 0.162. The monoisotopic (exact) mass is 358 g/mol. The van der Waals surface area contributed by atoms with Gasteiger partial charge in [0.15, 0.2) is 0 Å². The van der Waals surface area contributed by atoms with E-state index in [1.807, 2.05) is 30.3 Å². The Balaban J connectivity index is 1.67. The second kappa shape index (κ2) is 10.7. The van der Waals surface area contributed by atoms with E-state index in [1.165, 1.54) is 6.08 Å². The summed E-state index contributed by atoms with van der Waals surface area (Å²) in [5.74, 6) is -0.362. The highest BCUT2D eigenvalue weighted by Crippen LogP contribution is 2.13. The van der Waals surface area contributed by atoms with Crippen molar-refractivity contribution in [3.63, 3.8) is 0 Å². The Morgan fingerprint density at radius 2 is 1.88 bits per heavy atom. The predicted molar refractivity (Wildman–Crippen MR) is 100 cm³/mol. The van der Waals surface area contributed by atoms with Crippen molar-refractivity contribution in [2.75, 3.05) is 0 Å². The highest BCUT2D eigenvalue weighted by Gasteiger charge is 2.15. The molecule has 0 unspecified atom stereocenters. The molecule has 1 aromatic carbocycles. The molecule has 0 saturated carbocycles. The number of aliphatic hydroxyl groups is 3. The lowest BCUT2D eigenvalue weighted by atomic mass is 10.0. The molecule has 140 valence electrons. The van der Waals surface area contributed by atoms with Crippen LogP contribution >= 0.6 is 0 Å². The van der Waals surface area contributed by atoms with Gasteiger partial charge in [-0.1, -0.05) is 54.6 Å². The lowest BCUT2D eigenvalue weighted by Crippen LogP contribution is -2.22. The number of carbonyl (C=O) groups excluding carboxylic acids is 1. The number of hydrogen-bond donors (Lipinski definition) is 3. The first kappa shape index (κ1) is 20.1. The molecule has 26 heavy (non-hydrogen) atoms. The van der Waals surface area contributed by atoms with Gasteiger partial charge in [0.25, 0.3) is 0 Å². The first-order valence-electron chi connectivity index (χ1n) is 8.84. The van der Waals surface area contributed by atoms with E-state index in [1.54, 1.807) is 30.4 Å². The van der Waals surface area contributed by atoms with Gasteiger partial charge in [0.2, 0.25) is 0 Å². The Kier molecular flexibility index (Phi) is 8.28. The minimum Gasteiger partial charge on any atom is -0.455 e. The fraction of sp³-hybridized carbons (Fsp3) is 0.381. The van der Waals surface area contributed by atoms with Gasteiger partial charge < -0.3 is 20.1 Å². The van der Waals surface area contributed by atoms with E-state index < -0.39 is 18.3 Å². The standard InChI is InChI=1S/C21H26O5/c22-17(8-4-9-20-10-5-11-21(25)26-20)14-19(24)15-18(23)13-12-16-6-2-1-3-7-16/h1-7,9,11-13,17-20,22-24H,8,10,14-15H2/b9-4+,13-12+/t17-,18-,19+,20-/m0/s1. The number of esters is 1. The maximum absolute atomic E-state index is 11.1. The fourth-order valence-electron chi connectivity index (χ4n) is 2.69. The number of cyclic esters (lactones) is 1. The summed E-state index contributed by atoms with van der Waals surface area (Å²) in [7, 11) is 0. The van der Waals surface area contributed by atoms with Crippen molar-refractivity contribution >= 4 is 12.0 Å². The van der Waals surface area contributed by atoms with Crippen LogP contribution in [0.3, 0.4) is 0 Å². The number of hydrogen-bond acceptors (Lipinski definition) is 5. The molecule has 0 spiro atoms. The number of ether oxygens (including phenoxy) is 1. The minimum atomic E-state index is -0.802. The number of rotatable bonds is 9. The molecule has 0 radical (unpaired) electrons. The summed E-state index contributed by atoms with van der Waals surface area (Å²) in [5.41, 5.74) is 0.976. The highest BCUT2D eigenvalue weighted by molar-refractivity contribution is 5.82. The average molecular weight is 358 g/mol. The number of benzene rings is 1. The van der Waals surface area contributed by atoms with Gasteiger partial charge in [0.05, 0.1) is 18.3 Å². The number of carbonyl (C=O) groups is 1. The predicted octanol–water partition coefficient (Wildman–Crippen LogP) is 2.38. The SMILES string of the molecule is O=C1C=CC[C@H](/C=C/C[C@H](O)C[C@@H](O)C[C@@H](O)/C=C/c2ccccc2)O1. The molecule has 0 aromatic heterocycles. The quantitative estimate of drug-likeness (QED) is 0.466. The van der Waals surface area contributed by atoms with E-state index in [4.69, 9.17) is 4.74 Å². The lowest BCUT2D eigenvalue weighted by molar-refractivity contribution is -0.141. The topological polar surface area (TPSA) is 87.0 Å². The molecule has 1 heterocycles. The fourth-order valence-corrected chi connectivity index (χ4v) is 2.69. The third kappa shape index (κ3) is 7.78. The average Bonchev–Trinajstić information content (AvgIpc) is 2.61. The molecule has 1 aromatic rings. The molecule has 0 saturated heterocycles. The van der Waals surface area contributed by atoms with Crippen LogP contribution in [0.25, 0.3) is 6.08 Å². The largest absolute Gasteiger partial charge is 0.455 e. The Labute approximate surface area is 153 Å². The molecule has 5 nitrogen and oxygen atoms in total. The maximum Gasteiger partial charge on any atom is 0.331 e. The maximum atomic E-state index is 11.1. The smallest absolute Gasteiger partial charge is 0.331 e. The third-order valence-electron chi connectivity index (χ3n) is 4.02. The van der Waals surface area contributed by atoms with E-state index in [0.29, 0.717) is 12.8 Å². The zero-order chi connectivity index (χ0) is 18.8. The summed E-state index contributed by atoms with van der Waals surface area (Å²) in [4.78, 5) is 11.1. The van der Waals surface area contributed by atoms with Crippen LogP contribution in [-0.4, -0.2) is 45.7 Å². The molecular weight excluding hydrogens is 332 g/mol. The first-order valence-corrected chi connectivity index (χ1v) is 8.84. The van der Waals surface area contributed by atoms with Crippen LogP contribution in [0.4, 0.5) is 0 Å². The Hall–Kier alpha value is -2.21. The second-order valence-electron chi connectivity index (χ2n) is 6.39. The summed E-state index contributed by atoms with van der Waals surface area (Å²) in [5, 5.41) is 30.0. The molecule has 1 aliphatic heterocycles. The van der Waals surface area contributed by atoms with Crippen LogP contribution < -0.4 is 0 Å². The van der Waals surface area contributed by atoms with E-state index in [2.05, 4.69) is 0 Å². The van der Waals surface area contributed by atoms with Crippen molar-refractivity contribution < 1.29 is 24.9 Å². The first-order chi connectivity index (χ1) is 12.5. The Morgan fingerprint density at radius 1 is 1.12 bits per heavy atom. The van der Waals surface area contributed by atoms with Crippen LogP contribution in [0, 0.1) is 0 Å². The van der Waals surface area contributed by atoms with Crippen molar-refractivity contribution in [3.05, 3.63) is 66.3 Å². The molecule has 0 bridgehead atoms.